The average Bonchev–Trinajstić information content (AvgIpc) is 2.31. The summed E-state index contributed by atoms with van der Waals surface area (Å²) in [5.74, 6) is 0. The molecule has 16 heavy (non-hydrogen) atoms. The fourth-order valence-corrected chi connectivity index (χ4v) is 1.52. The standard InChI is InChI=1S/C15H28O/c1-2-3-4-5-6-7-8-9-10-11-12-13-14-15-16/h5-6,10-11,16H,2-4,7-9,12-15H2,1H3/b6-5-,11-10+. The topological polar surface area (TPSA) is 20.2 Å². The number of rotatable bonds is 11. The van der Waals surface area contributed by atoms with E-state index < -0.39 is 0 Å². The molecule has 0 aliphatic carbocycles. The van der Waals surface area contributed by atoms with Gasteiger partial charge in [0.1, 0.15) is 0 Å². The molecule has 1 N–H and O–H groups in total. The summed E-state index contributed by atoms with van der Waals surface area (Å²) in [7, 11) is 0. The normalized spacial score (nSPS) is 11.9. The van der Waals surface area contributed by atoms with E-state index in [2.05, 4.69) is 31.2 Å². The van der Waals surface area contributed by atoms with Crippen LogP contribution in [0.2, 0.25) is 0 Å². The molecule has 0 unspecified atom stereocenters. The van der Waals surface area contributed by atoms with Crippen molar-refractivity contribution in [2.75, 3.05) is 6.61 Å². The summed E-state index contributed by atoms with van der Waals surface area (Å²) >= 11 is 0. The molecule has 0 saturated carbocycles. The molecule has 0 bridgehead atoms. The van der Waals surface area contributed by atoms with Crippen molar-refractivity contribution in [1.29, 1.82) is 0 Å². The first kappa shape index (κ1) is 15.4. The van der Waals surface area contributed by atoms with Crippen molar-refractivity contribution in [2.24, 2.45) is 0 Å². The highest BCUT2D eigenvalue weighted by Crippen LogP contribution is 2.02. The van der Waals surface area contributed by atoms with E-state index in [0.29, 0.717) is 6.61 Å². The lowest BCUT2D eigenvalue weighted by Gasteiger charge is -1.93. The van der Waals surface area contributed by atoms with Crippen LogP contribution in [-0.2, 0) is 0 Å². The van der Waals surface area contributed by atoms with Gasteiger partial charge in [0.25, 0.3) is 0 Å². The molecule has 0 saturated heterocycles. The third-order valence-corrected chi connectivity index (χ3v) is 2.58. The summed E-state index contributed by atoms with van der Waals surface area (Å²) in [4.78, 5) is 0. The van der Waals surface area contributed by atoms with Crippen LogP contribution in [0.1, 0.15) is 64.7 Å². The van der Waals surface area contributed by atoms with Crippen LogP contribution in [0.15, 0.2) is 24.3 Å². The van der Waals surface area contributed by atoms with Gasteiger partial charge in [0.2, 0.25) is 0 Å². The van der Waals surface area contributed by atoms with Crippen LogP contribution >= 0.6 is 0 Å². The summed E-state index contributed by atoms with van der Waals surface area (Å²) < 4.78 is 0. The molecular weight excluding hydrogens is 196 g/mol. The second kappa shape index (κ2) is 14.4. The number of aliphatic hydroxyl groups is 1. The Hall–Kier alpha value is -0.560. The lowest BCUT2D eigenvalue weighted by Crippen LogP contribution is -1.80. The maximum absolute atomic E-state index is 8.60. The van der Waals surface area contributed by atoms with E-state index in [4.69, 9.17) is 5.11 Å². The Morgan fingerprint density at radius 1 is 0.688 bits per heavy atom. The summed E-state index contributed by atoms with van der Waals surface area (Å²) in [6.45, 7) is 2.56. The van der Waals surface area contributed by atoms with Crippen LogP contribution in [0, 0.1) is 0 Å². The summed E-state index contributed by atoms with van der Waals surface area (Å²) in [6.07, 6.45) is 19.8. The molecule has 0 atom stereocenters. The number of hydrogen-bond acceptors (Lipinski definition) is 1. The summed E-state index contributed by atoms with van der Waals surface area (Å²) in [5, 5.41) is 8.60. The number of hydrogen-bond donors (Lipinski definition) is 1. The van der Waals surface area contributed by atoms with Gasteiger partial charge < -0.3 is 5.11 Å². The molecule has 0 radical (unpaired) electrons. The monoisotopic (exact) mass is 224 g/mol. The van der Waals surface area contributed by atoms with E-state index in [-0.39, 0.29) is 0 Å². The molecule has 1 nitrogen and oxygen atoms in total. The van der Waals surface area contributed by atoms with Gasteiger partial charge in [-0.3, -0.25) is 0 Å². The minimum absolute atomic E-state index is 0.330. The fraction of sp³-hybridized carbons (Fsp3) is 0.733. The van der Waals surface area contributed by atoms with Gasteiger partial charge in [-0.1, -0.05) is 44.1 Å². The molecule has 0 rings (SSSR count). The molecule has 0 heterocycles. The van der Waals surface area contributed by atoms with Crippen molar-refractivity contribution in [3.8, 4) is 0 Å². The molecule has 0 aliphatic heterocycles. The van der Waals surface area contributed by atoms with Gasteiger partial charge >= 0.3 is 0 Å². The quantitative estimate of drug-likeness (QED) is 0.401. The predicted octanol–water partition coefficient (Wildman–Crippen LogP) is 4.62. The molecule has 1 heteroatoms. The highest BCUT2D eigenvalue weighted by molar-refractivity contribution is 4.85. The Labute approximate surface area is 101 Å². The second-order valence-electron chi connectivity index (χ2n) is 4.24. The van der Waals surface area contributed by atoms with Crippen molar-refractivity contribution in [3.05, 3.63) is 24.3 Å². The van der Waals surface area contributed by atoms with E-state index in [1.807, 2.05) is 0 Å². The van der Waals surface area contributed by atoms with Gasteiger partial charge in [-0.2, -0.15) is 0 Å². The van der Waals surface area contributed by atoms with Crippen LogP contribution in [0.3, 0.4) is 0 Å². The Kier molecular flexibility index (Phi) is 13.9. The lowest BCUT2D eigenvalue weighted by atomic mass is 10.1. The minimum Gasteiger partial charge on any atom is -0.396 e. The van der Waals surface area contributed by atoms with E-state index in [1.54, 1.807) is 0 Å². The molecule has 0 aromatic carbocycles. The third-order valence-electron chi connectivity index (χ3n) is 2.58. The first-order chi connectivity index (χ1) is 7.91. The average molecular weight is 224 g/mol. The molecular formula is C15H28O. The van der Waals surface area contributed by atoms with Crippen LogP contribution in [-0.4, -0.2) is 11.7 Å². The van der Waals surface area contributed by atoms with Crippen LogP contribution < -0.4 is 0 Å². The predicted molar refractivity (Wildman–Crippen MR) is 72.6 cm³/mol. The molecule has 0 aromatic heterocycles. The van der Waals surface area contributed by atoms with Gasteiger partial charge in [0, 0.05) is 6.61 Å². The van der Waals surface area contributed by atoms with Crippen LogP contribution in [0.5, 0.6) is 0 Å². The molecule has 0 amide bonds. The maximum atomic E-state index is 8.60. The molecule has 0 fully saturated rings. The van der Waals surface area contributed by atoms with Gasteiger partial charge in [0.15, 0.2) is 0 Å². The maximum Gasteiger partial charge on any atom is 0.0431 e. The van der Waals surface area contributed by atoms with E-state index >= 15 is 0 Å². The van der Waals surface area contributed by atoms with Gasteiger partial charge in [0.05, 0.1) is 0 Å². The zero-order valence-corrected chi connectivity index (χ0v) is 10.8. The SMILES string of the molecule is CCCC/C=C\CCC/C=C/CCCCO. The Morgan fingerprint density at radius 2 is 1.19 bits per heavy atom. The molecule has 0 aromatic rings. The van der Waals surface area contributed by atoms with E-state index in [1.165, 1.54) is 38.5 Å². The first-order valence-corrected chi connectivity index (χ1v) is 6.82. The van der Waals surface area contributed by atoms with Gasteiger partial charge in [-0.05, 0) is 44.9 Å². The number of aliphatic hydroxyl groups excluding tert-OH is 1. The Balaban J connectivity index is 3.10. The van der Waals surface area contributed by atoms with Crippen molar-refractivity contribution >= 4 is 0 Å². The lowest BCUT2D eigenvalue weighted by molar-refractivity contribution is 0.285. The van der Waals surface area contributed by atoms with Crippen molar-refractivity contribution in [3.63, 3.8) is 0 Å². The molecule has 0 aliphatic rings. The van der Waals surface area contributed by atoms with Crippen molar-refractivity contribution in [2.45, 2.75) is 64.7 Å². The third kappa shape index (κ3) is 13.4. The van der Waals surface area contributed by atoms with Gasteiger partial charge in [-0.25, -0.2) is 0 Å². The van der Waals surface area contributed by atoms with E-state index in [9.17, 15) is 0 Å². The molecule has 0 spiro atoms. The smallest absolute Gasteiger partial charge is 0.0431 e. The number of allylic oxidation sites excluding steroid dienone is 4. The van der Waals surface area contributed by atoms with Crippen molar-refractivity contribution in [1.82, 2.24) is 0 Å². The minimum atomic E-state index is 0.330. The highest BCUT2D eigenvalue weighted by atomic mass is 16.2. The zero-order valence-electron chi connectivity index (χ0n) is 10.8. The largest absolute Gasteiger partial charge is 0.396 e. The van der Waals surface area contributed by atoms with Crippen LogP contribution in [0.25, 0.3) is 0 Å². The second-order valence-corrected chi connectivity index (χ2v) is 4.24. The van der Waals surface area contributed by atoms with Gasteiger partial charge in [-0.15, -0.1) is 0 Å². The van der Waals surface area contributed by atoms with E-state index in [0.717, 1.165) is 19.3 Å². The highest BCUT2D eigenvalue weighted by Gasteiger charge is 1.84. The Bertz CT molecular complexity index is 170. The summed E-state index contributed by atoms with van der Waals surface area (Å²) in [6, 6.07) is 0. The number of unbranched alkanes of at least 4 members (excludes halogenated alkanes) is 6. The Morgan fingerprint density at radius 3 is 1.69 bits per heavy atom. The van der Waals surface area contributed by atoms with Crippen molar-refractivity contribution < 1.29 is 5.11 Å². The summed E-state index contributed by atoms with van der Waals surface area (Å²) in [5.41, 5.74) is 0. The fourth-order valence-electron chi connectivity index (χ4n) is 1.52. The molecule has 94 valence electrons. The van der Waals surface area contributed by atoms with Crippen LogP contribution in [0.4, 0.5) is 0 Å². The zero-order chi connectivity index (χ0) is 11.9. The first-order valence-electron chi connectivity index (χ1n) is 6.82.